The predicted octanol–water partition coefficient (Wildman–Crippen LogP) is 4.17. The number of pyridine rings is 1. The summed E-state index contributed by atoms with van der Waals surface area (Å²) in [6, 6.07) is 6.89. The first-order valence-electron chi connectivity index (χ1n) is 9.57. The summed E-state index contributed by atoms with van der Waals surface area (Å²) in [4.78, 5) is 11.8. The molecule has 2 aromatic rings. The number of nitrogens with zero attached hydrogens (tertiary/aromatic N) is 3. The van der Waals surface area contributed by atoms with E-state index < -0.39 is 0 Å². The Morgan fingerprint density at radius 2 is 1.92 bits per heavy atom. The Labute approximate surface area is 147 Å². The normalized spacial score (nSPS) is 38.8. The number of fused-ring (bicyclic) bond motifs is 3. The van der Waals surface area contributed by atoms with Gasteiger partial charge in [-0.25, -0.2) is 0 Å². The van der Waals surface area contributed by atoms with Crippen LogP contribution in [0.5, 0.6) is 5.75 Å². The van der Waals surface area contributed by atoms with Gasteiger partial charge < -0.3 is 4.74 Å². The smallest absolute Gasteiger partial charge is 0.202 e. The second kappa shape index (κ2) is 4.82. The number of aromatic nitrogens is 1. The maximum absolute atomic E-state index is 6.79. The lowest BCUT2D eigenvalue weighted by atomic mass is 9.67. The van der Waals surface area contributed by atoms with Crippen LogP contribution in [-0.4, -0.2) is 34.9 Å². The van der Waals surface area contributed by atoms with Crippen LogP contribution in [0.4, 0.5) is 5.69 Å². The van der Waals surface area contributed by atoms with Crippen LogP contribution in [-0.2, 0) is 0 Å². The SMILES string of the molecule is CN1C2C[C@@H]3CC(C[C@H](C2)C3)C12C=Nc1c(ccc3ccncc13)O2. The van der Waals surface area contributed by atoms with Gasteiger partial charge in [0.05, 0.1) is 6.21 Å². The van der Waals surface area contributed by atoms with E-state index in [0.29, 0.717) is 12.0 Å². The van der Waals surface area contributed by atoms with Gasteiger partial charge >= 0.3 is 0 Å². The molecule has 3 aliphatic heterocycles. The van der Waals surface area contributed by atoms with Gasteiger partial charge in [-0.3, -0.25) is 14.9 Å². The molecule has 1 aromatic heterocycles. The number of aliphatic imine (C=N–C) groups is 1. The topological polar surface area (TPSA) is 37.7 Å². The molecule has 4 heteroatoms. The largest absolute Gasteiger partial charge is 0.465 e. The Morgan fingerprint density at radius 1 is 1.08 bits per heavy atom. The van der Waals surface area contributed by atoms with E-state index in [0.717, 1.165) is 28.7 Å². The molecule has 25 heavy (non-hydrogen) atoms. The zero-order chi connectivity index (χ0) is 16.6. The fourth-order valence-electron chi connectivity index (χ4n) is 6.10. The highest BCUT2D eigenvalue weighted by atomic mass is 16.5. The molecule has 2 saturated heterocycles. The number of rotatable bonds is 0. The fourth-order valence-corrected chi connectivity index (χ4v) is 6.10. The van der Waals surface area contributed by atoms with Crippen molar-refractivity contribution in [3.63, 3.8) is 0 Å². The maximum atomic E-state index is 6.79. The van der Waals surface area contributed by atoms with Crippen LogP contribution in [0.1, 0.15) is 32.1 Å². The molecule has 2 aliphatic carbocycles. The van der Waals surface area contributed by atoms with Crippen molar-refractivity contribution in [2.45, 2.75) is 43.9 Å². The molecule has 1 aromatic carbocycles. The lowest BCUT2D eigenvalue weighted by molar-refractivity contribution is -0.0623. The van der Waals surface area contributed by atoms with E-state index in [2.05, 4.69) is 35.3 Å². The van der Waals surface area contributed by atoms with Crippen molar-refractivity contribution in [3.05, 3.63) is 30.6 Å². The Kier molecular flexibility index (Phi) is 2.75. The quantitative estimate of drug-likeness (QED) is 0.726. The summed E-state index contributed by atoms with van der Waals surface area (Å²) < 4.78 is 6.79. The molecule has 4 nitrogen and oxygen atoms in total. The first kappa shape index (κ1) is 14.3. The predicted molar refractivity (Wildman–Crippen MR) is 98.4 cm³/mol. The fraction of sp³-hybridized carbons (Fsp3) is 0.524. The first-order chi connectivity index (χ1) is 12.2. The van der Waals surface area contributed by atoms with Gasteiger partial charge in [-0.2, -0.15) is 0 Å². The molecule has 0 radical (unpaired) electrons. The van der Waals surface area contributed by atoms with Gasteiger partial charge in [0, 0.05) is 29.7 Å². The molecule has 5 aliphatic rings. The van der Waals surface area contributed by atoms with Gasteiger partial charge in [-0.15, -0.1) is 0 Å². The number of ether oxygens (including phenoxy) is 1. The third kappa shape index (κ3) is 1.86. The summed E-state index contributed by atoms with van der Waals surface area (Å²) in [5.41, 5.74) is 0.575. The number of hydrogen-bond donors (Lipinski definition) is 0. The van der Waals surface area contributed by atoms with Crippen molar-refractivity contribution < 1.29 is 4.74 Å². The standard InChI is InChI=1S/C21H23N3O/c1-24-17-9-13-6-14(10-17)8-16(7-13)21(24)12-23-20-18-11-22-5-4-15(18)2-3-19(20)25-21/h2-5,11-14,16-17H,6-10H2,1H3/t13-,14+,16?,17?,21?. The highest BCUT2D eigenvalue weighted by molar-refractivity contribution is 5.97. The van der Waals surface area contributed by atoms with Crippen molar-refractivity contribution in [1.29, 1.82) is 0 Å². The van der Waals surface area contributed by atoms with Gasteiger partial charge in [0.1, 0.15) is 11.4 Å². The van der Waals surface area contributed by atoms with Crippen molar-refractivity contribution in [1.82, 2.24) is 9.88 Å². The molecule has 4 fully saturated rings. The Balaban J connectivity index is 1.50. The van der Waals surface area contributed by atoms with Crippen LogP contribution in [0, 0.1) is 17.8 Å². The second-order valence-electron chi connectivity index (χ2n) is 8.49. The van der Waals surface area contributed by atoms with E-state index in [1.165, 1.54) is 37.5 Å². The van der Waals surface area contributed by atoms with Gasteiger partial charge in [-0.1, -0.05) is 6.07 Å². The van der Waals surface area contributed by atoms with Crippen LogP contribution in [0.2, 0.25) is 0 Å². The van der Waals surface area contributed by atoms with Crippen LogP contribution >= 0.6 is 0 Å². The van der Waals surface area contributed by atoms with Crippen molar-refractivity contribution in [2.24, 2.45) is 22.7 Å². The van der Waals surface area contributed by atoms with Crippen molar-refractivity contribution in [2.75, 3.05) is 7.05 Å². The van der Waals surface area contributed by atoms with E-state index in [1.54, 1.807) is 0 Å². The van der Waals surface area contributed by atoms with Gasteiger partial charge in [0.2, 0.25) is 5.72 Å². The van der Waals surface area contributed by atoms with Crippen LogP contribution in [0.3, 0.4) is 0 Å². The van der Waals surface area contributed by atoms with E-state index in [9.17, 15) is 0 Å². The summed E-state index contributed by atoms with van der Waals surface area (Å²) in [6.45, 7) is 0. The second-order valence-corrected chi connectivity index (χ2v) is 8.49. The molecular weight excluding hydrogens is 310 g/mol. The summed E-state index contributed by atoms with van der Waals surface area (Å²) in [5, 5.41) is 2.24. The minimum Gasteiger partial charge on any atom is -0.465 e. The lowest BCUT2D eigenvalue weighted by Gasteiger charge is -2.45. The minimum atomic E-state index is -0.364. The number of hydrogen-bond acceptors (Lipinski definition) is 4. The summed E-state index contributed by atoms with van der Waals surface area (Å²) in [7, 11) is 2.26. The van der Waals surface area contributed by atoms with Crippen molar-refractivity contribution in [3.8, 4) is 5.75 Å². The van der Waals surface area contributed by atoms with Gasteiger partial charge in [0.15, 0.2) is 0 Å². The van der Waals surface area contributed by atoms with Crippen LogP contribution in [0.15, 0.2) is 35.6 Å². The highest BCUT2D eigenvalue weighted by Crippen LogP contribution is 2.54. The van der Waals surface area contributed by atoms with E-state index in [1.807, 2.05) is 18.5 Å². The average Bonchev–Trinajstić information content (AvgIpc) is 2.76. The molecule has 1 spiro atoms. The number of benzene rings is 1. The highest BCUT2D eigenvalue weighted by Gasteiger charge is 2.56. The summed E-state index contributed by atoms with van der Waals surface area (Å²) in [6.07, 6.45) is 12.5. The summed E-state index contributed by atoms with van der Waals surface area (Å²) in [5.74, 6) is 3.22. The molecule has 7 rings (SSSR count). The monoisotopic (exact) mass is 333 g/mol. The zero-order valence-corrected chi connectivity index (χ0v) is 14.6. The summed E-state index contributed by atoms with van der Waals surface area (Å²) >= 11 is 0. The molecule has 3 unspecified atom stereocenters. The minimum absolute atomic E-state index is 0.364. The van der Waals surface area contributed by atoms with Gasteiger partial charge in [0.25, 0.3) is 0 Å². The molecule has 0 N–H and O–H groups in total. The molecule has 4 bridgehead atoms. The molecule has 128 valence electrons. The molecule has 5 atom stereocenters. The maximum Gasteiger partial charge on any atom is 0.202 e. The molecular formula is C21H23N3O. The third-order valence-corrected chi connectivity index (χ3v) is 7.21. The van der Waals surface area contributed by atoms with Crippen LogP contribution < -0.4 is 4.74 Å². The van der Waals surface area contributed by atoms with Gasteiger partial charge in [-0.05, 0) is 68.5 Å². The zero-order valence-electron chi connectivity index (χ0n) is 14.6. The molecule has 0 amide bonds. The third-order valence-electron chi connectivity index (χ3n) is 7.21. The Morgan fingerprint density at radius 3 is 2.76 bits per heavy atom. The van der Waals surface area contributed by atoms with Crippen LogP contribution in [0.25, 0.3) is 10.8 Å². The first-order valence-corrected chi connectivity index (χ1v) is 9.57. The Bertz CT molecular complexity index is 880. The van der Waals surface area contributed by atoms with E-state index in [4.69, 9.17) is 9.73 Å². The lowest BCUT2D eigenvalue weighted by Crippen LogP contribution is -2.59. The van der Waals surface area contributed by atoms with E-state index >= 15 is 0 Å². The molecule has 4 heterocycles. The Hall–Kier alpha value is -1.94. The molecule has 2 saturated carbocycles. The van der Waals surface area contributed by atoms with E-state index in [-0.39, 0.29) is 5.72 Å². The average molecular weight is 333 g/mol. The van der Waals surface area contributed by atoms with Crippen molar-refractivity contribution >= 4 is 22.7 Å².